The van der Waals surface area contributed by atoms with Crippen molar-refractivity contribution < 1.29 is 13.9 Å². The van der Waals surface area contributed by atoms with Crippen molar-refractivity contribution in [1.29, 1.82) is 0 Å². The molecule has 3 saturated heterocycles. The van der Waals surface area contributed by atoms with Crippen LogP contribution in [0.3, 0.4) is 0 Å². The normalized spacial score (nSPS) is 21.8. The molecule has 0 aliphatic carbocycles. The van der Waals surface area contributed by atoms with Gasteiger partial charge in [-0.2, -0.15) is 0 Å². The number of pyridine rings is 1. The number of rotatable bonds is 5. The number of benzene rings is 2. The van der Waals surface area contributed by atoms with Gasteiger partial charge < -0.3 is 19.7 Å². The first-order valence-electron chi connectivity index (χ1n) is 13.3. The van der Waals surface area contributed by atoms with E-state index in [-0.39, 0.29) is 17.5 Å². The van der Waals surface area contributed by atoms with E-state index >= 15 is 4.39 Å². The highest BCUT2D eigenvalue weighted by Gasteiger charge is 2.36. The van der Waals surface area contributed by atoms with Crippen LogP contribution in [-0.2, 0) is 4.74 Å². The van der Waals surface area contributed by atoms with E-state index in [1.54, 1.807) is 12.3 Å². The van der Waals surface area contributed by atoms with Crippen LogP contribution in [0.25, 0.3) is 16.5 Å². The molecule has 3 aliphatic rings. The predicted molar refractivity (Wildman–Crippen MR) is 140 cm³/mol. The average molecular weight is 492 g/mol. The Morgan fingerprint density at radius 3 is 2.72 bits per heavy atom. The number of hydrogen-bond donors (Lipinski definition) is 1. The number of ether oxygens (including phenoxy) is 2. The maximum atomic E-state index is 15.3. The Hall–Kier alpha value is -2.90. The number of anilines is 1. The summed E-state index contributed by atoms with van der Waals surface area (Å²) in [5.74, 6) is 0.438. The fourth-order valence-corrected chi connectivity index (χ4v) is 6.07. The van der Waals surface area contributed by atoms with E-state index in [9.17, 15) is 4.79 Å². The monoisotopic (exact) mass is 491 g/mol. The molecule has 1 spiro atoms. The Labute approximate surface area is 211 Å². The molecule has 0 unspecified atom stereocenters. The van der Waals surface area contributed by atoms with Crippen LogP contribution in [0.2, 0.25) is 0 Å². The van der Waals surface area contributed by atoms with Gasteiger partial charge in [0.05, 0.1) is 17.5 Å². The van der Waals surface area contributed by atoms with Crippen LogP contribution in [0.1, 0.15) is 38.5 Å². The van der Waals surface area contributed by atoms with Gasteiger partial charge in [0.15, 0.2) is 0 Å². The first-order valence-corrected chi connectivity index (χ1v) is 13.3. The second kappa shape index (κ2) is 9.87. The van der Waals surface area contributed by atoms with Crippen molar-refractivity contribution in [1.82, 2.24) is 9.88 Å². The SMILES string of the molecule is O=c1c2ccc(OC[C@H]3CCCO3)cc2ccn1-c1ccc(N2CCC3(CCCNC3)CC2)c(F)c1. The lowest BCUT2D eigenvalue weighted by atomic mass is 9.73. The minimum atomic E-state index is -0.282. The third-order valence-electron chi connectivity index (χ3n) is 8.27. The van der Waals surface area contributed by atoms with Crippen LogP contribution in [0.15, 0.2) is 53.5 Å². The molecule has 7 heteroatoms. The molecular formula is C29H34FN3O3. The van der Waals surface area contributed by atoms with Crippen molar-refractivity contribution in [2.24, 2.45) is 5.41 Å². The minimum absolute atomic E-state index is 0.141. The quantitative estimate of drug-likeness (QED) is 0.563. The van der Waals surface area contributed by atoms with Gasteiger partial charge in [0, 0.05) is 43.9 Å². The Bertz CT molecular complexity index is 1280. The molecule has 1 N–H and O–H groups in total. The zero-order chi connectivity index (χ0) is 24.5. The smallest absolute Gasteiger partial charge is 0.262 e. The summed E-state index contributed by atoms with van der Waals surface area (Å²) >= 11 is 0. The molecule has 6 nitrogen and oxygen atoms in total. The summed E-state index contributed by atoms with van der Waals surface area (Å²) in [4.78, 5) is 15.4. The van der Waals surface area contributed by atoms with E-state index in [0.717, 1.165) is 69.6 Å². The van der Waals surface area contributed by atoms with Gasteiger partial charge in [-0.3, -0.25) is 9.36 Å². The van der Waals surface area contributed by atoms with Crippen molar-refractivity contribution in [3.8, 4) is 11.4 Å². The molecule has 36 heavy (non-hydrogen) atoms. The van der Waals surface area contributed by atoms with Gasteiger partial charge >= 0.3 is 0 Å². The summed E-state index contributed by atoms with van der Waals surface area (Å²) in [7, 11) is 0. The van der Waals surface area contributed by atoms with E-state index in [1.165, 1.54) is 23.5 Å². The number of halogens is 1. The molecule has 3 fully saturated rings. The minimum Gasteiger partial charge on any atom is -0.491 e. The lowest BCUT2D eigenvalue weighted by Crippen LogP contribution is -2.48. The number of nitrogens with one attached hydrogen (secondary N) is 1. The third kappa shape index (κ3) is 4.62. The summed E-state index contributed by atoms with van der Waals surface area (Å²) < 4.78 is 28.3. The zero-order valence-electron chi connectivity index (χ0n) is 20.7. The molecule has 3 aliphatic heterocycles. The van der Waals surface area contributed by atoms with E-state index < -0.39 is 0 Å². The van der Waals surface area contributed by atoms with E-state index in [2.05, 4.69) is 10.2 Å². The number of aromatic nitrogens is 1. The molecule has 1 aromatic heterocycles. The molecule has 190 valence electrons. The lowest BCUT2D eigenvalue weighted by molar-refractivity contribution is 0.0680. The maximum Gasteiger partial charge on any atom is 0.262 e. The van der Waals surface area contributed by atoms with Crippen molar-refractivity contribution in [2.45, 2.75) is 44.6 Å². The van der Waals surface area contributed by atoms with Crippen LogP contribution in [-0.4, -0.2) is 50.1 Å². The van der Waals surface area contributed by atoms with Crippen LogP contribution in [0, 0.1) is 11.2 Å². The lowest BCUT2D eigenvalue weighted by Gasteiger charge is -2.45. The van der Waals surface area contributed by atoms with E-state index in [0.29, 0.717) is 28.8 Å². The standard InChI is InChI=1S/C29H34FN3O3/c30-26-18-22(4-7-27(26)32-14-10-29(11-15-32)9-2-12-31-20-29)33-13-8-21-17-23(5-6-25(21)28(33)34)36-19-24-3-1-16-35-24/h4-8,13,17-18,24,31H,1-3,9-12,14-16,19-20H2/t24-/m1/s1. The molecule has 4 heterocycles. The average Bonchev–Trinajstić information content (AvgIpc) is 3.43. The largest absolute Gasteiger partial charge is 0.491 e. The van der Waals surface area contributed by atoms with Crippen molar-refractivity contribution >= 4 is 16.5 Å². The van der Waals surface area contributed by atoms with Crippen molar-refractivity contribution in [3.63, 3.8) is 0 Å². The van der Waals surface area contributed by atoms with Gasteiger partial charge in [-0.15, -0.1) is 0 Å². The first kappa shape index (κ1) is 23.5. The molecule has 2 aromatic carbocycles. The maximum absolute atomic E-state index is 15.3. The summed E-state index contributed by atoms with van der Waals surface area (Å²) in [5.41, 5.74) is 1.36. The van der Waals surface area contributed by atoms with E-state index in [4.69, 9.17) is 9.47 Å². The first-order chi connectivity index (χ1) is 17.6. The van der Waals surface area contributed by atoms with Crippen molar-refractivity contribution in [2.75, 3.05) is 44.3 Å². The van der Waals surface area contributed by atoms with Gasteiger partial charge in [-0.1, -0.05) is 0 Å². The highest BCUT2D eigenvalue weighted by atomic mass is 19.1. The summed E-state index contributed by atoms with van der Waals surface area (Å²) in [6, 6.07) is 12.5. The highest BCUT2D eigenvalue weighted by molar-refractivity contribution is 5.83. The second-order valence-corrected chi connectivity index (χ2v) is 10.6. The molecule has 6 rings (SSSR count). The van der Waals surface area contributed by atoms with Gasteiger partial charge in [0.2, 0.25) is 0 Å². The molecule has 1 atom stereocenters. The van der Waals surface area contributed by atoms with Gasteiger partial charge in [0.25, 0.3) is 5.56 Å². The molecule has 0 radical (unpaired) electrons. The molecule has 0 saturated carbocycles. The molecule has 0 amide bonds. The number of nitrogens with zero attached hydrogens (tertiary/aromatic N) is 2. The van der Waals surface area contributed by atoms with Crippen LogP contribution in [0.5, 0.6) is 5.75 Å². The van der Waals surface area contributed by atoms with E-state index in [1.807, 2.05) is 30.3 Å². The fourth-order valence-electron chi connectivity index (χ4n) is 6.07. The third-order valence-corrected chi connectivity index (χ3v) is 8.27. The number of hydrogen-bond acceptors (Lipinski definition) is 5. The molecule has 3 aromatic rings. The Morgan fingerprint density at radius 1 is 1.08 bits per heavy atom. The molecule has 0 bridgehead atoms. The Kier molecular flexibility index (Phi) is 6.44. The summed E-state index contributed by atoms with van der Waals surface area (Å²) in [5, 5.41) is 4.92. The summed E-state index contributed by atoms with van der Waals surface area (Å²) in [6.45, 7) is 5.23. The fraction of sp³-hybridized carbons (Fsp3) is 0.483. The van der Waals surface area contributed by atoms with Gasteiger partial charge in [-0.25, -0.2) is 4.39 Å². The van der Waals surface area contributed by atoms with Crippen LogP contribution < -0.4 is 20.5 Å². The van der Waals surface area contributed by atoms with Crippen LogP contribution >= 0.6 is 0 Å². The van der Waals surface area contributed by atoms with Crippen molar-refractivity contribution in [3.05, 3.63) is 64.8 Å². The second-order valence-electron chi connectivity index (χ2n) is 10.6. The summed E-state index contributed by atoms with van der Waals surface area (Å²) in [6.07, 6.45) is 8.61. The van der Waals surface area contributed by atoms with Gasteiger partial charge in [0.1, 0.15) is 18.2 Å². The Morgan fingerprint density at radius 2 is 1.97 bits per heavy atom. The predicted octanol–water partition coefficient (Wildman–Crippen LogP) is 4.66. The number of fused-ring (bicyclic) bond motifs is 1. The molecular weight excluding hydrogens is 457 g/mol. The Balaban J connectivity index is 1.18. The number of piperidine rings is 2. The van der Waals surface area contributed by atoms with Gasteiger partial charge in [-0.05, 0) is 92.3 Å². The highest BCUT2D eigenvalue weighted by Crippen LogP contribution is 2.39. The zero-order valence-corrected chi connectivity index (χ0v) is 20.7. The topological polar surface area (TPSA) is 55.7 Å². The van der Waals surface area contributed by atoms with Crippen LogP contribution in [0.4, 0.5) is 10.1 Å².